The van der Waals surface area contributed by atoms with Crippen molar-refractivity contribution in [3.8, 4) is 0 Å². The third-order valence-corrected chi connectivity index (χ3v) is 4.03. The summed E-state index contributed by atoms with van der Waals surface area (Å²) < 4.78 is 38.5. The summed E-state index contributed by atoms with van der Waals surface area (Å²) in [4.78, 5) is 12.1. The lowest BCUT2D eigenvalue weighted by Crippen LogP contribution is -2.13. The first-order valence-electron chi connectivity index (χ1n) is 5.81. The molecule has 2 rings (SSSR count). The lowest BCUT2D eigenvalue weighted by Gasteiger charge is -2.11. The number of anilines is 1. The summed E-state index contributed by atoms with van der Waals surface area (Å²) in [7, 11) is 0. The molecule has 0 saturated carbocycles. The van der Waals surface area contributed by atoms with Crippen molar-refractivity contribution < 1.29 is 18.0 Å². The molecule has 2 nitrogen and oxygen atoms in total. The topological polar surface area (TPSA) is 29.1 Å². The Morgan fingerprint density at radius 1 is 1.05 bits per heavy atom. The monoisotopic (exact) mass is 459 g/mol. The lowest BCUT2D eigenvalue weighted by atomic mass is 10.1. The molecule has 0 aliphatic carbocycles. The van der Waals surface area contributed by atoms with Gasteiger partial charge in [0.05, 0.1) is 26.9 Å². The third-order valence-electron chi connectivity index (χ3n) is 2.72. The minimum atomic E-state index is -4.50. The van der Waals surface area contributed by atoms with E-state index >= 15 is 0 Å². The molecule has 0 radical (unpaired) electrons. The Kier molecular flexibility index (Phi) is 5.24. The van der Waals surface area contributed by atoms with Gasteiger partial charge in [0.2, 0.25) is 0 Å². The van der Waals surface area contributed by atoms with E-state index in [-0.39, 0.29) is 21.3 Å². The number of carbonyl (C=O) groups is 1. The number of rotatable bonds is 2. The maximum absolute atomic E-state index is 12.6. The molecule has 0 aromatic heterocycles. The highest BCUT2D eigenvalue weighted by Crippen LogP contribution is 2.34. The molecule has 8 heteroatoms. The standard InChI is InChI=1S/C14H7Cl2F3INO/c15-10-3-2-8(20)6-9(10)13(22)21-12-4-1-7(5-11(12)16)14(17,18)19/h1-6H,(H,21,22). The summed E-state index contributed by atoms with van der Waals surface area (Å²) in [6, 6.07) is 7.56. The van der Waals surface area contributed by atoms with Crippen LogP contribution in [0.5, 0.6) is 0 Å². The highest BCUT2D eigenvalue weighted by atomic mass is 127. The van der Waals surface area contributed by atoms with Crippen molar-refractivity contribution in [1.29, 1.82) is 0 Å². The Labute approximate surface area is 147 Å². The predicted octanol–water partition coefficient (Wildman–Crippen LogP) is 5.87. The fourth-order valence-electron chi connectivity index (χ4n) is 1.65. The zero-order chi connectivity index (χ0) is 16.5. The molecule has 0 fully saturated rings. The van der Waals surface area contributed by atoms with Gasteiger partial charge in [-0.25, -0.2) is 0 Å². The highest BCUT2D eigenvalue weighted by Gasteiger charge is 2.31. The van der Waals surface area contributed by atoms with Gasteiger partial charge in [-0.2, -0.15) is 13.2 Å². The number of alkyl halides is 3. The molecule has 0 bridgehead atoms. The van der Waals surface area contributed by atoms with Crippen LogP contribution in [-0.2, 0) is 6.18 Å². The predicted molar refractivity (Wildman–Crippen MR) is 88.6 cm³/mol. The van der Waals surface area contributed by atoms with E-state index in [2.05, 4.69) is 5.32 Å². The molecule has 2 aromatic carbocycles. The molecule has 22 heavy (non-hydrogen) atoms. The van der Waals surface area contributed by atoms with Crippen molar-refractivity contribution in [1.82, 2.24) is 0 Å². The van der Waals surface area contributed by atoms with Crippen LogP contribution in [0.25, 0.3) is 0 Å². The van der Waals surface area contributed by atoms with Gasteiger partial charge >= 0.3 is 6.18 Å². The van der Waals surface area contributed by atoms with Gasteiger partial charge in [0.25, 0.3) is 5.91 Å². The van der Waals surface area contributed by atoms with Crippen LogP contribution in [0.4, 0.5) is 18.9 Å². The summed E-state index contributed by atoms with van der Waals surface area (Å²) in [5.74, 6) is -0.551. The minimum absolute atomic E-state index is 0.0783. The maximum Gasteiger partial charge on any atom is 0.416 e. The van der Waals surface area contributed by atoms with Crippen molar-refractivity contribution in [2.24, 2.45) is 0 Å². The summed E-state index contributed by atoms with van der Waals surface area (Å²) in [6.45, 7) is 0. The van der Waals surface area contributed by atoms with E-state index in [0.29, 0.717) is 0 Å². The molecule has 0 saturated heterocycles. The van der Waals surface area contributed by atoms with Crippen LogP contribution in [0.3, 0.4) is 0 Å². The first-order chi connectivity index (χ1) is 10.2. The van der Waals surface area contributed by atoms with Crippen LogP contribution in [0.15, 0.2) is 36.4 Å². The molecule has 1 N–H and O–H groups in total. The second kappa shape index (κ2) is 6.64. The van der Waals surface area contributed by atoms with Crippen molar-refractivity contribution >= 4 is 57.4 Å². The molecule has 116 valence electrons. The zero-order valence-electron chi connectivity index (χ0n) is 10.6. The average molecular weight is 460 g/mol. The molecule has 0 spiro atoms. The van der Waals surface area contributed by atoms with Crippen LogP contribution in [-0.4, -0.2) is 5.91 Å². The second-order valence-corrected chi connectivity index (χ2v) is 6.33. The first-order valence-corrected chi connectivity index (χ1v) is 7.65. The van der Waals surface area contributed by atoms with E-state index in [9.17, 15) is 18.0 Å². The quantitative estimate of drug-likeness (QED) is 0.559. The first kappa shape index (κ1) is 17.4. The van der Waals surface area contributed by atoms with Crippen molar-refractivity contribution in [3.05, 3.63) is 61.1 Å². The zero-order valence-corrected chi connectivity index (χ0v) is 14.3. The molecule has 0 aliphatic heterocycles. The Hall–Kier alpha value is -0.990. The SMILES string of the molecule is O=C(Nc1ccc(C(F)(F)F)cc1Cl)c1cc(I)ccc1Cl. The molecular formula is C14H7Cl2F3INO. The number of hydrogen-bond donors (Lipinski definition) is 1. The van der Waals surface area contributed by atoms with E-state index in [0.717, 1.165) is 21.8 Å². The molecule has 0 atom stereocenters. The molecule has 0 unspecified atom stereocenters. The molecule has 0 heterocycles. The van der Waals surface area contributed by atoms with Crippen molar-refractivity contribution in [2.45, 2.75) is 6.18 Å². The van der Waals surface area contributed by atoms with Gasteiger partial charge in [0.1, 0.15) is 0 Å². The van der Waals surface area contributed by atoms with Gasteiger partial charge in [-0.15, -0.1) is 0 Å². The van der Waals surface area contributed by atoms with E-state index in [1.54, 1.807) is 18.2 Å². The highest BCUT2D eigenvalue weighted by molar-refractivity contribution is 14.1. The molecular weight excluding hydrogens is 453 g/mol. The van der Waals surface area contributed by atoms with Gasteiger partial charge in [-0.3, -0.25) is 4.79 Å². The number of halogens is 6. The lowest BCUT2D eigenvalue weighted by molar-refractivity contribution is -0.137. The normalized spacial score (nSPS) is 11.4. The number of hydrogen-bond acceptors (Lipinski definition) is 1. The summed E-state index contributed by atoms with van der Waals surface area (Å²) in [6.07, 6.45) is -4.50. The van der Waals surface area contributed by atoms with Crippen molar-refractivity contribution in [2.75, 3.05) is 5.32 Å². The van der Waals surface area contributed by atoms with Gasteiger partial charge in [0.15, 0.2) is 0 Å². The summed E-state index contributed by atoms with van der Waals surface area (Å²) >= 11 is 13.7. The Bertz CT molecular complexity index is 735. The average Bonchev–Trinajstić information content (AvgIpc) is 2.42. The largest absolute Gasteiger partial charge is 0.416 e. The summed E-state index contributed by atoms with van der Waals surface area (Å²) in [5.41, 5.74) is -0.595. The molecule has 2 aromatic rings. The van der Waals surface area contributed by atoms with Crippen LogP contribution in [0.2, 0.25) is 10.0 Å². The van der Waals surface area contributed by atoms with Crippen LogP contribution in [0, 0.1) is 3.57 Å². The number of benzene rings is 2. The van der Waals surface area contributed by atoms with E-state index in [1.165, 1.54) is 0 Å². The van der Waals surface area contributed by atoms with Crippen LogP contribution >= 0.6 is 45.8 Å². The van der Waals surface area contributed by atoms with Crippen molar-refractivity contribution in [3.63, 3.8) is 0 Å². The fourth-order valence-corrected chi connectivity index (χ4v) is 2.58. The minimum Gasteiger partial charge on any atom is -0.321 e. The Balaban J connectivity index is 2.27. The van der Waals surface area contributed by atoms with Crippen LogP contribution < -0.4 is 5.32 Å². The van der Waals surface area contributed by atoms with E-state index in [1.807, 2.05) is 22.6 Å². The smallest absolute Gasteiger partial charge is 0.321 e. The molecule has 0 aliphatic rings. The number of carbonyl (C=O) groups excluding carboxylic acids is 1. The second-order valence-electron chi connectivity index (χ2n) is 4.27. The number of amides is 1. The number of nitrogens with one attached hydrogen (secondary N) is 1. The third kappa shape index (κ3) is 4.05. The maximum atomic E-state index is 12.6. The molecule has 1 amide bonds. The van der Waals surface area contributed by atoms with E-state index < -0.39 is 17.6 Å². The van der Waals surface area contributed by atoms with E-state index in [4.69, 9.17) is 23.2 Å². The van der Waals surface area contributed by atoms with Gasteiger partial charge < -0.3 is 5.32 Å². The summed E-state index contributed by atoms with van der Waals surface area (Å²) in [5, 5.41) is 2.48. The fraction of sp³-hybridized carbons (Fsp3) is 0.0714. The Morgan fingerprint density at radius 3 is 2.32 bits per heavy atom. The van der Waals surface area contributed by atoms with Crippen LogP contribution in [0.1, 0.15) is 15.9 Å². The van der Waals surface area contributed by atoms with Gasteiger partial charge in [-0.1, -0.05) is 23.2 Å². The Morgan fingerprint density at radius 2 is 1.73 bits per heavy atom. The van der Waals surface area contributed by atoms with Gasteiger partial charge in [-0.05, 0) is 59.0 Å². The van der Waals surface area contributed by atoms with Gasteiger partial charge in [0, 0.05) is 3.57 Å².